The molecule has 17 aromatic rings. The van der Waals surface area contributed by atoms with Crippen molar-refractivity contribution in [3.05, 3.63) is 350 Å². The zero-order valence-corrected chi connectivity index (χ0v) is 53.1. The SMILES string of the molecule is C1=CC(c2ccccc2)Cc2c1n(-c1cc(-n3c4ccc(-c5ccccc5)cc4c4cc(-c5cc(-c6ccccc6)nc(-c6ccccc6)c5)ccc43)c(-c3nc(-c4ccccc4)nc(-c4ccccc4)n3)cc1-c1nc(-c3ccccc3)nc(-c3ccccc3)n1)c1ccccc21. The lowest BCUT2D eigenvalue weighted by atomic mass is 9.87. The molecule has 5 heterocycles. The first-order chi connectivity index (χ1) is 48.6. The maximum Gasteiger partial charge on any atom is 0.166 e. The molecule has 0 fully saturated rings. The summed E-state index contributed by atoms with van der Waals surface area (Å²) < 4.78 is 4.86. The van der Waals surface area contributed by atoms with Gasteiger partial charge in [0, 0.05) is 72.3 Å². The summed E-state index contributed by atoms with van der Waals surface area (Å²) in [6, 6.07) is 115. The van der Waals surface area contributed by atoms with Crippen LogP contribution in [0.15, 0.2) is 334 Å². The quantitative estimate of drug-likeness (QED) is 0.113. The summed E-state index contributed by atoms with van der Waals surface area (Å²) in [5.74, 6) is 3.28. The van der Waals surface area contributed by atoms with Crippen LogP contribution >= 0.6 is 0 Å². The van der Waals surface area contributed by atoms with Crippen LogP contribution in [0.1, 0.15) is 22.7 Å². The molecular formula is C89H59N9. The molecule has 18 rings (SSSR count). The molecule has 5 aromatic heterocycles. The number of pyridine rings is 1. The molecule has 0 N–H and O–H groups in total. The predicted molar refractivity (Wildman–Crippen MR) is 398 cm³/mol. The van der Waals surface area contributed by atoms with Gasteiger partial charge in [-0.25, -0.2) is 34.9 Å². The zero-order valence-electron chi connectivity index (χ0n) is 53.1. The molecule has 12 aromatic carbocycles. The molecule has 0 radical (unpaired) electrons. The molecule has 0 amide bonds. The Morgan fingerprint density at radius 1 is 0.255 bits per heavy atom. The summed E-state index contributed by atoms with van der Waals surface area (Å²) in [6.07, 6.45) is 5.50. The Hall–Kier alpha value is -13.1. The van der Waals surface area contributed by atoms with Crippen LogP contribution in [0.2, 0.25) is 0 Å². The van der Waals surface area contributed by atoms with Crippen molar-refractivity contribution in [3.8, 4) is 124 Å². The standard InChI is InChI=1S/C89H59N9/c1-9-27-58(28-10-1)66-45-48-79-71(51-66)70-43-25-26-44-78(70)97(79)82-57-83(98-80-49-46-67(59-29-11-2-12-30-59)52-72(80)73-53-68(47-50-81(73)98)69-54-76(60-31-13-3-14-32-60)90-77(55-69)61-33-15-4-16-34-61)75(89-95-86(64-39-21-7-22-40-64)92-87(96-89)65-41-23-8-24-42-65)56-74(82)88-93-84(62-35-17-5-18-36-62)91-85(94-88)63-37-19-6-20-38-63/h1-50,52-57,66H,51H2. The van der Waals surface area contributed by atoms with Crippen LogP contribution < -0.4 is 0 Å². The van der Waals surface area contributed by atoms with Crippen LogP contribution in [-0.2, 0) is 6.42 Å². The molecule has 1 atom stereocenters. The number of para-hydroxylation sites is 1. The summed E-state index contributed by atoms with van der Waals surface area (Å²) in [5.41, 5.74) is 21.5. The Balaban J connectivity index is 0.979. The van der Waals surface area contributed by atoms with Crippen LogP contribution in [0.25, 0.3) is 163 Å². The Labute approximate surface area is 566 Å². The van der Waals surface area contributed by atoms with Gasteiger partial charge in [0.1, 0.15) is 0 Å². The van der Waals surface area contributed by atoms with E-state index < -0.39 is 0 Å². The maximum atomic E-state index is 5.61. The van der Waals surface area contributed by atoms with Gasteiger partial charge in [0.2, 0.25) is 0 Å². The van der Waals surface area contributed by atoms with Crippen molar-refractivity contribution >= 4 is 38.8 Å². The van der Waals surface area contributed by atoms with Crippen molar-refractivity contribution in [1.29, 1.82) is 0 Å². The first-order valence-electron chi connectivity index (χ1n) is 33.1. The molecule has 0 spiro atoms. The maximum absolute atomic E-state index is 5.61. The van der Waals surface area contributed by atoms with Gasteiger partial charge in [-0.05, 0) is 100 Å². The monoisotopic (exact) mass is 1250 g/mol. The molecule has 0 saturated carbocycles. The third kappa shape index (κ3) is 10.6. The minimum absolute atomic E-state index is 0.164. The van der Waals surface area contributed by atoms with Gasteiger partial charge in [-0.1, -0.05) is 279 Å². The van der Waals surface area contributed by atoms with Gasteiger partial charge in [-0.2, -0.15) is 0 Å². The lowest BCUT2D eigenvalue weighted by Crippen LogP contribution is -2.10. The highest BCUT2D eigenvalue weighted by Crippen LogP contribution is 2.47. The number of hydrogen-bond donors (Lipinski definition) is 0. The Morgan fingerprint density at radius 2 is 0.622 bits per heavy atom. The van der Waals surface area contributed by atoms with E-state index in [0.29, 0.717) is 34.9 Å². The van der Waals surface area contributed by atoms with Gasteiger partial charge in [-0.15, -0.1) is 0 Å². The lowest BCUT2D eigenvalue weighted by Gasteiger charge is -2.23. The Morgan fingerprint density at radius 3 is 1.08 bits per heavy atom. The van der Waals surface area contributed by atoms with E-state index in [1.54, 1.807) is 0 Å². The Kier molecular flexibility index (Phi) is 14.5. The van der Waals surface area contributed by atoms with Gasteiger partial charge in [-0.3, -0.25) is 0 Å². The fourth-order valence-electron chi connectivity index (χ4n) is 14.0. The number of allylic oxidation sites excluding steroid dienone is 1. The van der Waals surface area contributed by atoms with Gasteiger partial charge >= 0.3 is 0 Å². The normalized spacial score (nSPS) is 12.7. The second kappa shape index (κ2) is 24.7. The first kappa shape index (κ1) is 57.5. The molecule has 460 valence electrons. The topological polar surface area (TPSA) is 100 Å². The highest BCUT2D eigenvalue weighted by molar-refractivity contribution is 6.12. The molecule has 1 unspecified atom stereocenters. The number of benzene rings is 12. The number of nitrogens with zero attached hydrogens (tertiary/aromatic N) is 9. The summed E-state index contributed by atoms with van der Waals surface area (Å²) in [7, 11) is 0. The molecular weight excluding hydrogens is 1200 g/mol. The van der Waals surface area contributed by atoms with E-state index in [4.69, 9.17) is 34.9 Å². The number of aromatic nitrogens is 9. The first-order valence-corrected chi connectivity index (χ1v) is 33.1. The fourth-order valence-corrected chi connectivity index (χ4v) is 14.0. The summed E-state index contributed by atoms with van der Waals surface area (Å²) >= 11 is 0. The van der Waals surface area contributed by atoms with E-state index in [0.717, 1.165) is 129 Å². The minimum Gasteiger partial charge on any atom is -0.309 e. The largest absolute Gasteiger partial charge is 0.309 e. The average Bonchev–Trinajstić information content (AvgIpc) is 1.52. The number of rotatable bonds is 13. The van der Waals surface area contributed by atoms with E-state index in [-0.39, 0.29) is 5.92 Å². The molecule has 1 aliphatic carbocycles. The van der Waals surface area contributed by atoms with Crippen molar-refractivity contribution in [2.45, 2.75) is 12.3 Å². The number of hydrogen-bond acceptors (Lipinski definition) is 7. The highest BCUT2D eigenvalue weighted by Gasteiger charge is 2.30. The van der Waals surface area contributed by atoms with Gasteiger partial charge < -0.3 is 9.13 Å². The second-order valence-corrected chi connectivity index (χ2v) is 24.8. The molecule has 98 heavy (non-hydrogen) atoms. The van der Waals surface area contributed by atoms with Gasteiger partial charge in [0.05, 0.1) is 39.3 Å². The molecule has 0 saturated heterocycles. The average molecular weight is 1250 g/mol. The summed E-state index contributed by atoms with van der Waals surface area (Å²) in [5, 5.41) is 3.31. The van der Waals surface area contributed by atoms with Crippen molar-refractivity contribution < 1.29 is 0 Å². The smallest absolute Gasteiger partial charge is 0.166 e. The molecule has 0 bridgehead atoms. The van der Waals surface area contributed by atoms with Crippen molar-refractivity contribution in [3.63, 3.8) is 0 Å². The van der Waals surface area contributed by atoms with Gasteiger partial charge in [0.25, 0.3) is 0 Å². The second-order valence-electron chi connectivity index (χ2n) is 24.8. The van der Waals surface area contributed by atoms with Crippen LogP contribution in [0.4, 0.5) is 0 Å². The van der Waals surface area contributed by atoms with Crippen LogP contribution in [-0.4, -0.2) is 44.0 Å². The minimum atomic E-state index is 0.164. The van der Waals surface area contributed by atoms with Crippen LogP contribution in [0, 0.1) is 0 Å². The lowest BCUT2D eigenvalue weighted by molar-refractivity contribution is 0.825. The molecule has 9 nitrogen and oxygen atoms in total. The zero-order chi connectivity index (χ0) is 64.9. The third-order valence-corrected chi connectivity index (χ3v) is 18.8. The van der Waals surface area contributed by atoms with Crippen LogP contribution in [0.3, 0.4) is 0 Å². The molecule has 0 aliphatic heterocycles. The van der Waals surface area contributed by atoms with E-state index >= 15 is 0 Å². The fraction of sp³-hybridized carbons (Fsp3) is 0.0225. The van der Waals surface area contributed by atoms with Crippen molar-refractivity contribution in [1.82, 2.24) is 44.0 Å². The molecule has 1 aliphatic rings. The summed E-state index contributed by atoms with van der Waals surface area (Å²) in [4.78, 5) is 38.2. The highest BCUT2D eigenvalue weighted by atomic mass is 15.1. The third-order valence-electron chi connectivity index (χ3n) is 18.8. The van der Waals surface area contributed by atoms with Crippen molar-refractivity contribution in [2.75, 3.05) is 0 Å². The summed E-state index contributed by atoms with van der Waals surface area (Å²) in [6.45, 7) is 0. The van der Waals surface area contributed by atoms with E-state index in [2.05, 4.69) is 276 Å². The molecule has 9 heteroatoms. The van der Waals surface area contributed by atoms with Crippen molar-refractivity contribution in [2.24, 2.45) is 0 Å². The van der Waals surface area contributed by atoms with Gasteiger partial charge in [0.15, 0.2) is 34.9 Å². The number of fused-ring (bicyclic) bond motifs is 6. The van der Waals surface area contributed by atoms with E-state index in [9.17, 15) is 0 Å². The van der Waals surface area contributed by atoms with E-state index in [1.807, 2.05) is 72.8 Å². The Bertz CT molecular complexity index is 5690. The van der Waals surface area contributed by atoms with E-state index in [1.165, 1.54) is 16.5 Å². The predicted octanol–water partition coefficient (Wildman–Crippen LogP) is 21.5. The van der Waals surface area contributed by atoms with Crippen LogP contribution in [0.5, 0.6) is 0 Å².